The summed E-state index contributed by atoms with van der Waals surface area (Å²) in [5, 5.41) is 22.7. The van der Waals surface area contributed by atoms with Crippen molar-refractivity contribution in [2.75, 3.05) is 41.4 Å². The van der Waals surface area contributed by atoms with Crippen LogP contribution in [0.4, 0.5) is 35.3 Å². The first-order chi connectivity index (χ1) is 17.6. The number of ether oxygens (including phenoxy) is 1. The summed E-state index contributed by atoms with van der Waals surface area (Å²) in [6.07, 6.45) is -1.74. The fourth-order valence-electron chi connectivity index (χ4n) is 4.02. The van der Waals surface area contributed by atoms with E-state index in [1.54, 1.807) is 6.07 Å². The fraction of sp³-hybridized carbons (Fsp3) is 0.500. The summed E-state index contributed by atoms with van der Waals surface area (Å²) >= 11 is 0. The summed E-state index contributed by atoms with van der Waals surface area (Å²) in [5.41, 5.74) is 0.337. The van der Waals surface area contributed by atoms with Crippen molar-refractivity contribution in [1.29, 1.82) is 0 Å². The van der Waals surface area contributed by atoms with Gasteiger partial charge in [0.15, 0.2) is 11.6 Å². The molecule has 1 fully saturated rings. The summed E-state index contributed by atoms with van der Waals surface area (Å²) in [7, 11) is 0. The van der Waals surface area contributed by atoms with Crippen molar-refractivity contribution in [2.24, 2.45) is 0 Å². The zero-order valence-electron chi connectivity index (χ0n) is 19.8. The molecule has 0 aromatic carbocycles. The van der Waals surface area contributed by atoms with Gasteiger partial charge in [-0.15, -0.1) is 0 Å². The minimum absolute atomic E-state index is 0.0714. The molecule has 2 aromatic rings. The number of hydrogen-bond donors (Lipinski definition) is 4. The molecule has 3 atom stereocenters. The lowest BCUT2D eigenvalue weighted by atomic mass is 10.00. The van der Waals surface area contributed by atoms with E-state index < -0.39 is 36.9 Å². The van der Waals surface area contributed by atoms with Crippen LogP contribution >= 0.6 is 0 Å². The minimum atomic E-state index is -4.61. The molecule has 3 amide bonds. The number of aliphatic hydroxyl groups is 2. The SMILES string of the molecule is CC(NC(=O)c1ccc2c(n1)N(C(=O)Nc1cnc(OCC(O)CO)cn1)[C@H]1CCCN2C1)C(F)(F)F. The lowest BCUT2D eigenvalue weighted by Crippen LogP contribution is -2.56. The lowest BCUT2D eigenvalue weighted by molar-refractivity contribution is -0.149. The number of fused-ring (bicyclic) bond motifs is 4. The fourth-order valence-corrected chi connectivity index (χ4v) is 4.02. The molecule has 0 spiro atoms. The second-order valence-electron chi connectivity index (χ2n) is 8.71. The Morgan fingerprint density at radius 3 is 2.73 bits per heavy atom. The standard InChI is InChI=1S/C22H26F3N7O5/c1-12(22(23,24)25)28-20(35)15-4-5-16-19(29-15)32(13-3-2-6-31(16)9-13)21(36)30-17-7-27-18(8-26-17)37-11-14(34)10-33/h4-5,7-8,12-14,33-34H,2-3,6,9-11H2,1H3,(H,28,35)(H,26,30,36)/t12?,13-,14?/m0/s1. The third-order valence-corrected chi connectivity index (χ3v) is 5.97. The smallest absolute Gasteiger partial charge is 0.408 e. The van der Waals surface area contributed by atoms with E-state index in [1.807, 2.05) is 10.2 Å². The van der Waals surface area contributed by atoms with Crippen molar-refractivity contribution >= 4 is 29.3 Å². The lowest BCUT2D eigenvalue weighted by Gasteiger charge is -2.45. The van der Waals surface area contributed by atoms with Crippen LogP contribution in [0.3, 0.4) is 0 Å². The van der Waals surface area contributed by atoms with Gasteiger partial charge in [0.2, 0.25) is 5.88 Å². The van der Waals surface area contributed by atoms with Crippen molar-refractivity contribution < 1.29 is 37.7 Å². The Balaban J connectivity index is 1.54. The van der Waals surface area contributed by atoms with E-state index in [2.05, 4.69) is 20.3 Å². The number of alkyl halides is 3. The zero-order chi connectivity index (χ0) is 26.7. The second-order valence-corrected chi connectivity index (χ2v) is 8.71. The van der Waals surface area contributed by atoms with Crippen LogP contribution < -0.4 is 25.2 Å². The minimum Gasteiger partial charge on any atom is -0.474 e. The molecule has 1 saturated heterocycles. The molecule has 0 radical (unpaired) electrons. The van der Waals surface area contributed by atoms with Gasteiger partial charge >= 0.3 is 12.2 Å². The Labute approximate surface area is 209 Å². The molecule has 2 aliphatic rings. The van der Waals surface area contributed by atoms with Crippen molar-refractivity contribution in [3.8, 4) is 5.88 Å². The number of nitrogens with zero attached hydrogens (tertiary/aromatic N) is 5. The Bertz CT molecular complexity index is 1130. The van der Waals surface area contributed by atoms with Crippen LogP contribution in [0.2, 0.25) is 0 Å². The largest absolute Gasteiger partial charge is 0.474 e. The normalized spacial score (nSPS) is 18.5. The van der Waals surface area contributed by atoms with Crippen LogP contribution in [0.1, 0.15) is 30.3 Å². The number of anilines is 3. The van der Waals surface area contributed by atoms with E-state index in [0.717, 1.165) is 19.9 Å². The number of pyridine rings is 1. The molecule has 2 aromatic heterocycles. The van der Waals surface area contributed by atoms with E-state index in [0.29, 0.717) is 18.7 Å². The molecular weight excluding hydrogens is 499 g/mol. The number of rotatable bonds is 7. The molecule has 15 heteroatoms. The molecule has 200 valence electrons. The van der Waals surface area contributed by atoms with Crippen molar-refractivity contribution in [3.63, 3.8) is 0 Å². The summed E-state index contributed by atoms with van der Waals surface area (Å²) in [4.78, 5) is 41.5. The number of carbonyl (C=O) groups is 2. The van der Waals surface area contributed by atoms with Crippen LogP contribution in [0, 0.1) is 0 Å². The third kappa shape index (κ3) is 5.99. The molecule has 2 unspecified atom stereocenters. The molecule has 4 heterocycles. The van der Waals surface area contributed by atoms with Gasteiger partial charge in [-0.1, -0.05) is 0 Å². The summed E-state index contributed by atoms with van der Waals surface area (Å²) in [5.74, 6) is -0.687. The number of urea groups is 1. The van der Waals surface area contributed by atoms with Gasteiger partial charge in [-0.3, -0.25) is 15.0 Å². The highest BCUT2D eigenvalue weighted by atomic mass is 19.4. The van der Waals surface area contributed by atoms with Crippen LogP contribution in [0.25, 0.3) is 0 Å². The first kappa shape index (κ1) is 26.3. The quantitative estimate of drug-likeness (QED) is 0.419. The van der Waals surface area contributed by atoms with Crippen LogP contribution in [-0.4, -0.2) is 87.8 Å². The highest BCUT2D eigenvalue weighted by molar-refractivity contribution is 6.04. The first-order valence-corrected chi connectivity index (χ1v) is 11.5. The maximum atomic E-state index is 13.3. The van der Waals surface area contributed by atoms with Crippen LogP contribution in [0.15, 0.2) is 24.5 Å². The number of hydrogen-bond acceptors (Lipinski definition) is 9. The Kier molecular flexibility index (Phi) is 7.63. The summed E-state index contributed by atoms with van der Waals surface area (Å²) < 4.78 is 43.9. The Morgan fingerprint density at radius 2 is 2.05 bits per heavy atom. The van der Waals surface area contributed by atoms with E-state index in [9.17, 15) is 27.9 Å². The number of amides is 3. The van der Waals surface area contributed by atoms with Gasteiger partial charge < -0.3 is 25.2 Å². The molecule has 4 N–H and O–H groups in total. The number of aromatic nitrogens is 3. The predicted octanol–water partition coefficient (Wildman–Crippen LogP) is 1.31. The Hall–Kier alpha value is -3.72. The van der Waals surface area contributed by atoms with Gasteiger partial charge in [0.1, 0.15) is 24.4 Å². The van der Waals surface area contributed by atoms with E-state index in [1.165, 1.54) is 23.4 Å². The zero-order valence-corrected chi connectivity index (χ0v) is 19.8. The summed E-state index contributed by atoms with van der Waals surface area (Å²) in [6, 6.07) is -0.0424. The van der Waals surface area contributed by atoms with Gasteiger partial charge in [0.05, 0.1) is 30.7 Å². The highest BCUT2D eigenvalue weighted by Crippen LogP contribution is 2.38. The number of piperidine rings is 1. The van der Waals surface area contributed by atoms with Crippen LogP contribution in [-0.2, 0) is 0 Å². The maximum Gasteiger partial charge on any atom is 0.408 e. The molecular formula is C22H26F3N7O5. The monoisotopic (exact) mass is 525 g/mol. The molecule has 4 rings (SSSR count). The van der Waals surface area contributed by atoms with E-state index in [-0.39, 0.29) is 35.9 Å². The van der Waals surface area contributed by atoms with E-state index >= 15 is 0 Å². The number of nitrogens with one attached hydrogen (secondary N) is 2. The molecule has 37 heavy (non-hydrogen) atoms. The predicted molar refractivity (Wildman–Crippen MR) is 125 cm³/mol. The molecule has 2 aliphatic heterocycles. The number of halogens is 3. The maximum absolute atomic E-state index is 13.3. The molecule has 2 bridgehead atoms. The first-order valence-electron chi connectivity index (χ1n) is 11.5. The van der Waals surface area contributed by atoms with E-state index in [4.69, 9.17) is 9.84 Å². The molecule has 0 saturated carbocycles. The van der Waals surface area contributed by atoms with Crippen molar-refractivity contribution in [2.45, 2.75) is 44.1 Å². The van der Waals surface area contributed by atoms with Gasteiger partial charge in [-0.05, 0) is 31.9 Å². The van der Waals surface area contributed by atoms with Gasteiger partial charge in [0, 0.05) is 13.1 Å². The number of carbonyl (C=O) groups excluding carboxylic acids is 2. The van der Waals surface area contributed by atoms with Gasteiger partial charge in [0.25, 0.3) is 5.91 Å². The van der Waals surface area contributed by atoms with Crippen molar-refractivity contribution in [3.05, 3.63) is 30.2 Å². The number of aliphatic hydroxyl groups excluding tert-OH is 2. The second kappa shape index (κ2) is 10.7. The van der Waals surface area contributed by atoms with Crippen molar-refractivity contribution in [1.82, 2.24) is 20.3 Å². The molecule has 0 aliphatic carbocycles. The molecule has 12 nitrogen and oxygen atoms in total. The average molecular weight is 525 g/mol. The Morgan fingerprint density at radius 1 is 1.27 bits per heavy atom. The average Bonchev–Trinajstić information content (AvgIpc) is 2.87. The third-order valence-electron chi connectivity index (χ3n) is 5.97. The highest BCUT2D eigenvalue weighted by Gasteiger charge is 2.40. The van der Waals surface area contributed by atoms with Gasteiger partial charge in [-0.25, -0.2) is 19.7 Å². The van der Waals surface area contributed by atoms with Crippen LogP contribution in [0.5, 0.6) is 5.88 Å². The van der Waals surface area contributed by atoms with Gasteiger partial charge in [-0.2, -0.15) is 13.2 Å². The topological polar surface area (TPSA) is 153 Å². The summed E-state index contributed by atoms with van der Waals surface area (Å²) in [6.45, 7) is 1.41.